The van der Waals surface area contributed by atoms with E-state index in [0.717, 1.165) is 58.3 Å². The minimum Gasteiger partial charge on any atom is -0.444 e. The van der Waals surface area contributed by atoms with Crippen molar-refractivity contribution in [2.75, 3.05) is 26.2 Å². The van der Waals surface area contributed by atoms with Crippen LogP contribution in [0.15, 0.2) is 0 Å². The van der Waals surface area contributed by atoms with Crippen molar-refractivity contribution in [3.8, 4) is 0 Å². The van der Waals surface area contributed by atoms with E-state index >= 15 is 0 Å². The van der Waals surface area contributed by atoms with Crippen LogP contribution in [0.3, 0.4) is 0 Å². The Bertz CT molecular complexity index is 558. The molecular formula is C20H37N5O4. The first-order chi connectivity index (χ1) is 13.9. The van der Waals surface area contributed by atoms with Crippen molar-refractivity contribution in [3.05, 3.63) is 0 Å². The molecule has 4 fully saturated rings. The fraction of sp³-hybridized carbons (Fsp3) is 0.950. The van der Waals surface area contributed by atoms with E-state index in [-0.39, 0.29) is 18.5 Å². The van der Waals surface area contributed by atoms with Crippen molar-refractivity contribution in [2.45, 2.75) is 83.0 Å². The molecule has 5 unspecified atom stereocenters. The second-order valence-corrected chi connectivity index (χ2v) is 9.81. The van der Waals surface area contributed by atoms with Crippen molar-refractivity contribution < 1.29 is 19.2 Å². The molecular weight excluding hydrogens is 374 g/mol. The maximum Gasteiger partial charge on any atom is 0.410 e. The van der Waals surface area contributed by atoms with E-state index in [1.165, 1.54) is 0 Å². The molecule has 29 heavy (non-hydrogen) atoms. The van der Waals surface area contributed by atoms with Crippen molar-refractivity contribution in [1.29, 1.82) is 0 Å². The number of nitrogens with zero attached hydrogens (tertiary/aromatic N) is 1. The normalized spacial score (nSPS) is 37.1. The van der Waals surface area contributed by atoms with Gasteiger partial charge in [0, 0.05) is 31.1 Å². The van der Waals surface area contributed by atoms with Gasteiger partial charge in [0.2, 0.25) is 0 Å². The van der Waals surface area contributed by atoms with Crippen LogP contribution in [-0.4, -0.2) is 67.3 Å². The Morgan fingerprint density at radius 2 is 1.83 bits per heavy atom. The molecule has 5 atom stereocenters. The molecule has 4 saturated heterocycles. The lowest BCUT2D eigenvalue weighted by Crippen LogP contribution is -2.53. The summed E-state index contributed by atoms with van der Waals surface area (Å²) in [6.07, 6.45) is 5.09. The van der Waals surface area contributed by atoms with Crippen molar-refractivity contribution >= 4 is 6.09 Å². The summed E-state index contributed by atoms with van der Waals surface area (Å²) in [5.74, 6) is 0.920. The average Bonchev–Trinajstić information content (AvgIpc) is 3.39. The smallest absolute Gasteiger partial charge is 0.410 e. The van der Waals surface area contributed by atoms with Gasteiger partial charge >= 0.3 is 6.09 Å². The van der Waals surface area contributed by atoms with E-state index in [0.29, 0.717) is 23.9 Å². The molecule has 0 saturated carbocycles. The summed E-state index contributed by atoms with van der Waals surface area (Å²) in [4.78, 5) is 25.4. The van der Waals surface area contributed by atoms with Crippen LogP contribution in [0, 0.1) is 11.8 Å². The number of hydrogen-bond donors (Lipinski definition) is 4. The van der Waals surface area contributed by atoms with E-state index in [1.54, 1.807) is 0 Å². The molecule has 4 aliphatic rings. The fourth-order valence-corrected chi connectivity index (χ4v) is 4.86. The van der Waals surface area contributed by atoms with E-state index < -0.39 is 5.60 Å². The van der Waals surface area contributed by atoms with Gasteiger partial charge in [0.1, 0.15) is 11.8 Å². The number of rotatable bonds is 3. The van der Waals surface area contributed by atoms with E-state index in [2.05, 4.69) is 21.6 Å². The Hall–Kier alpha value is -0.970. The average molecular weight is 412 g/mol. The molecule has 166 valence electrons. The summed E-state index contributed by atoms with van der Waals surface area (Å²) in [6, 6.07) is 0.818. The number of amides is 1. The summed E-state index contributed by atoms with van der Waals surface area (Å²) in [7, 11) is 0. The predicted molar refractivity (Wildman–Crippen MR) is 107 cm³/mol. The third-order valence-corrected chi connectivity index (χ3v) is 6.49. The largest absolute Gasteiger partial charge is 0.444 e. The minimum atomic E-state index is -0.448. The highest BCUT2D eigenvalue weighted by Gasteiger charge is 2.40. The van der Waals surface area contributed by atoms with E-state index in [9.17, 15) is 4.79 Å². The van der Waals surface area contributed by atoms with Gasteiger partial charge in [-0.3, -0.25) is 10.2 Å². The number of nitrogens with one attached hydrogen (secondary N) is 4. The fourth-order valence-electron chi connectivity index (χ4n) is 4.86. The van der Waals surface area contributed by atoms with E-state index in [1.807, 2.05) is 25.7 Å². The second kappa shape index (κ2) is 9.03. The van der Waals surface area contributed by atoms with Gasteiger partial charge in [-0.2, -0.15) is 11.0 Å². The summed E-state index contributed by atoms with van der Waals surface area (Å²) >= 11 is 0. The van der Waals surface area contributed by atoms with Crippen molar-refractivity contribution in [1.82, 2.24) is 26.5 Å². The Morgan fingerprint density at radius 1 is 1.03 bits per heavy atom. The maximum absolute atomic E-state index is 12.3. The summed E-state index contributed by atoms with van der Waals surface area (Å²) in [6.45, 7) is 8.97. The van der Waals surface area contributed by atoms with Crippen LogP contribution in [0.4, 0.5) is 4.79 Å². The van der Waals surface area contributed by atoms with Crippen LogP contribution in [0.5, 0.6) is 0 Å². The molecule has 0 bridgehead atoms. The van der Waals surface area contributed by atoms with Crippen LogP contribution in [-0.2, 0) is 14.4 Å². The Balaban J connectivity index is 1.22. The molecule has 0 radical (unpaired) electrons. The second-order valence-electron chi connectivity index (χ2n) is 9.81. The molecule has 4 heterocycles. The van der Waals surface area contributed by atoms with Gasteiger partial charge in [0.05, 0.1) is 12.8 Å². The first-order valence-corrected chi connectivity index (χ1v) is 11.1. The molecule has 0 spiro atoms. The Morgan fingerprint density at radius 3 is 2.52 bits per heavy atom. The number of carbonyl (C=O) groups is 1. The molecule has 9 nitrogen and oxygen atoms in total. The van der Waals surface area contributed by atoms with Gasteiger partial charge in [-0.15, -0.1) is 0 Å². The van der Waals surface area contributed by atoms with Gasteiger partial charge in [0.15, 0.2) is 0 Å². The van der Waals surface area contributed by atoms with Crippen molar-refractivity contribution in [2.24, 2.45) is 11.8 Å². The predicted octanol–water partition coefficient (Wildman–Crippen LogP) is 1.07. The summed E-state index contributed by atoms with van der Waals surface area (Å²) in [5, 5.41) is 7.30. The molecule has 0 aromatic carbocycles. The Kier molecular flexibility index (Phi) is 6.62. The van der Waals surface area contributed by atoms with Crippen LogP contribution in [0.2, 0.25) is 0 Å². The lowest BCUT2D eigenvalue weighted by molar-refractivity contribution is -0.0287. The standard InChI is InChI=1S/C20H37N5O4/c1-20(2,3)28-19(26)25-9-5-13(6-10-25)17-22-18(29-24-17)14-4-8-21-16(12-14)15-7-11-27-23-15/h13-18,21-24H,4-12H2,1-3H3. The minimum absolute atomic E-state index is 0.0378. The molecule has 0 aliphatic carbocycles. The highest BCUT2D eigenvalue weighted by molar-refractivity contribution is 5.68. The van der Waals surface area contributed by atoms with Crippen molar-refractivity contribution in [3.63, 3.8) is 0 Å². The van der Waals surface area contributed by atoms with Crippen LogP contribution < -0.4 is 21.6 Å². The molecule has 4 rings (SSSR count). The van der Waals surface area contributed by atoms with E-state index in [4.69, 9.17) is 14.4 Å². The molecule has 4 aliphatic heterocycles. The van der Waals surface area contributed by atoms with Crippen LogP contribution in [0.1, 0.15) is 52.9 Å². The first-order valence-electron chi connectivity index (χ1n) is 11.1. The first kappa shape index (κ1) is 21.3. The van der Waals surface area contributed by atoms with Crippen LogP contribution in [0.25, 0.3) is 0 Å². The van der Waals surface area contributed by atoms with Gasteiger partial charge in [-0.25, -0.2) is 4.79 Å². The Labute approximate surface area is 173 Å². The number of ether oxygens (including phenoxy) is 1. The monoisotopic (exact) mass is 411 g/mol. The maximum atomic E-state index is 12.3. The number of piperidine rings is 2. The lowest BCUT2D eigenvalue weighted by Gasteiger charge is -2.36. The third kappa shape index (κ3) is 5.39. The third-order valence-electron chi connectivity index (χ3n) is 6.49. The molecule has 0 aromatic rings. The number of hydroxylamine groups is 2. The number of carbonyl (C=O) groups excluding carboxylic acids is 1. The zero-order chi connectivity index (χ0) is 20.4. The number of likely N-dealkylation sites (tertiary alicyclic amines) is 1. The zero-order valence-corrected chi connectivity index (χ0v) is 17.9. The van der Waals surface area contributed by atoms with Crippen LogP contribution >= 0.6 is 0 Å². The highest BCUT2D eigenvalue weighted by Crippen LogP contribution is 2.29. The summed E-state index contributed by atoms with van der Waals surface area (Å²) in [5.41, 5.74) is 5.93. The van der Waals surface area contributed by atoms with Gasteiger partial charge in [-0.05, 0) is 65.3 Å². The highest BCUT2D eigenvalue weighted by atomic mass is 16.7. The zero-order valence-electron chi connectivity index (χ0n) is 17.9. The topological polar surface area (TPSA) is 96.1 Å². The number of hydrogen-bond acceptors (Lipinski definition) is 8. The molecule has 1 amide bonds. The molecule has 4 N–H and O–H groups in total. The molecule has 9 heteroatoms. The van der Waals surface area contributed by atoms with Gasteiger partial charge in [0.25, 0.3) is 0 Å². The van der Waals surface area contributed by atoms with Gasteiger partial charge < -0.3 is 19.8 Å². The SMILES string of the molecule is CC(C)(C)OC(=O)N1CCC(C2NOC(C3CCNC(C4CCON4)C3)N2)CC1. The summed E-state index contributed by atoms with van der Waals surface area (Å²) < 4.78 is 5.50. The lowest BCUT2D eigenvalue weighted by atomic mass is 9.86. The molecule has 0 aromatic heterocycles. The quantitative estimate of drug-likeness (QED) is 0.548. The van der Waals surface area contributed by atoms with Gasteiger partial charge in [-0.1, -0.05) is 0 Å².